The standard InChI is InChI=1S/C18H26N6O/c1-12-6-8-24(9-7-12)17-10-16(19-11-20-17)21-18(25)5-4-15-13(2)22-23-14(15)3/h10-12H,4-9H2,1-3H3,(H,22,23)(H,19,20,21,25). The van der Waals surface area contributed by atoms with E-state index >= 15 is 0 Å². The minimum Gasteiger partial charge on any atom is -0.356 e. The molecule has 1 amide bonds. The average molecular weight is 342 g/mol. The highest BCUT2D eigenvalue weighted by Gasteiger charge is 2.17. The van der Waals surface area contributed by atoms with Crippen molar-refractivity contribution >= 4 is 17.5 Å². The van der Waals surface area contributed by atoms with Crippen molar-refractivity contribution in [3.8, 4) is 0 Å². The van der Waals surface area contributed by atoms with Crippen LogP contribution < -0.4 is 10.2 Å². The minimum atomic E-state index is -0.0445. The Kier molecular flexibility index (Phi) is 5.31. The lowest BCUT2D eigenvalue weighted by Gasteiger charge is -2.31. The van der Waals surface area contributed by atoms with Crippen molar-refractivity contribution in [1.29, 1.82) is 0 Å². The molecule has 134 valence electrons. The predicted molar refractivity (Wildman–Crippen MR) is 97.7 cm³/mol. The second-order valence-corrected chi connectivity index (χ2v) is 6.89. The number of hydrogen-bond acceptors (Lipinski definition) is 5. The van der Waals surface area contributed by atoms with Crippen molar-refractivity contribution in [2.75, 3.05) is 23.3 Å². The summed E-state index contributed by atoms with van der Waals surface area (Å²) in [6, 6.07) is 1.86. The third-order valence-electron chi connectivity index (χ3n) is 4.91. The van der Waals surface area contributed by atoms with Crippen molar-refractivity contribution in [2.45, 2.75) is 46.5 Å². The second-order valence-electron chi connectivity index (χ2n) is 6.89. The number of anilines is 2. The average Bonchev–Trinajstić information content (AvgIpc) is 2.92. The molecule has 0 aliphatic carbocycles. The van der Waals surface area contributed by atoms with Gasteiger partial charge in [-0.05, 0) is 44.6 Å². The maximum atomic E-state index is 12.2. The summed E-state index contributed by atoms with van der Waals surface area (Å²) in [7, 11) is 0. The number of aryl methyl sites for hydroxylation is 2. The van der Waals surface area contributed by atoms with Crippen LogP contribution in [-0.2, 0) is 11.2 Å². The first-order valence-corrected chi connectivity index (χ1v) is 8.90. The Balaban J connectivity index is 1.57. The van der Waals surface area contributed by atoms with Gasteiger partial charge in [-0.25, -0.2) is 9.97 Å². The van der Waals surface area contributed by atoms with Crippen molar-refractivity contribution in [3.63, 3.8) is 0 Å². The summed E-state index contributed by atoms with van der Waals surface area (Å²) in [4.78, 5) is 23.0. The van der Waals surface area contributed by atoms with Crippen LogP contribution in [0.5, 0.6) is 0 Å². The first-order chi connectivity index (χ1) is 12.0. The van der Waals surface area contributed by atoms with E-state index in [0.29, 0.717) is 18.7 Å². The van der Waals surface area contributed by atoms with Crippen LogP contribution in [0.4, 0.5) is 11.6 Å². The van der Waals surface area contributed by atoms with Crippen molar-refractivity contribution in [1.82, 2.24) is 20.2 Å². The largest absolute Gasteiger partial charge is 0.356 e. The number of aromatic amines is 1. The molecule has 7 heteroatoms. The minimum absolute atomic E-state index is 0.0445. The summed E-state index contributed by atoms with van der Waals surface area (Å²) in [6.45, 7) is 8.22. The van der Waals surface area contributed by atoms with E-state index in [9.17, 15) is 4.79 Å². The van der Waals surface area contributed by atoms with Gasteiger partial charge in [-0.15, -0.1) is 0 Å². The first kappa shape index (κ1) is 17.4. The Labute approximate surface area is 148 Å². The fourth-order valence-corrected chi connectivity index (χ4v) is 3.21. The molecule has 3 heterocycles. The van der Waals surface area contributed by atoms with Gasteiger partial charge >= 0.3 is 0 Å². The molecular weight excluding hydrogens is 316 g/mol. The maximum absolute atomic E-state index is 12.2. The molecule has 25 heavy (non-hydrogen) atoms. The number of carbonyl (C=O) groups is 1. The molecule has 3 rings (SSSR count). The maximum Gasteiger partial charge on any atom is 0.225 e. The lowest BCUT2D eigenvalue weighted by atomic mass is 9.99. The molecule has 7 nitrogen and oxygen atoms in total. The molecule has 0 bridgehead atoms. The summed E-state index contributed by atoms with van der Waals surface area (Å²) in [6.07, 6.45) is 4.95. The number of nitrogens with zero attached hydrogens (tertiary/aromatic N) is 4. The monoisotopic (exact) mass is 342 g/mol. The molecule has 0 aromatic carbocycles. The van der Waals surface area contributed by atoms with E-state index in [1.807, 2.05) is 19.9 Å². The summed E-state index contributed by atoms with van der Waals surface area (Å²) >= 11 is 0. The number of hydrogen-bond donors (Lipinski definition) is 2. The van der Waals surface area contributed by atoms with Gasteiger partial charge in [-0.2, -0.15) is 5.10 Å². The zero-order chi connectivity index (χ0) is 17.8. The Morgan fingerprint density at radius 1 is 1.32 bits per heavy atom. The quantitative estimate of drug-likeness (QED) is 0.872. The van der Waals surface area contributed by atoms with Gasteiger partial charge in [0.25, 0.3) is 0 Å². The zero-order valence-corrected chi connectivity index (χ0v) is 15.2. The molecular formula is C18H26N6O. The number of piperidine rings is 1. The lowest BCUT2D eigenvalue weighted by Crippen LogP contribution is -2.33. The third-order valence-corrected chi connectivity index (χ3v) is 4.91. The molecule has 0 spiro atoms. The summed E-state index contributed by atoms with van der Waals surface area (Å²) in [5.41, 5.74) is 3.09. The van der Waals surface area contributed by atoms with Crippen LogP contribution in [0.15, 0.2) is 12.4 Å². The lowest BCUT2D eigenvalue weighted by molar-refractivity contribution is -0.116. The SMILES string of the molecule is Cc1n[nH]c(C)c1CCC(=O)Nc1cc(N2CCC(C)CC2)ncn1. The zero-order valence-electron chi connectivity index (χ0n) is 15.2. The molecule has 1 aliphatic heterocycles. The molecule has 0 unspecified atom stereocenters. The molecule has 2 aromatic rings. The molecule has 0 saturated carbocycles. The van der Waals surface area contributed by atoms with Crippen LogP contribution in [0.3, 0.4) is 0 Å². The summed E-state index contributed by atoms with van der Waals surface area (Å²) in [5.74, 6) is 2.18. The van der Waals surface area contributed by atoms with Crippen molar-refractivity contribution in [3.05, 3.63) is 29.3 Å². The van der Waals surface area contributed by atoms with Crippen LogP contribution in [-0.4, -0.2) is 39.2 Å². The third kappa shape index (κ3) is 4.35. The van der Waals surface area contributed by atoms with Crippen LogP contribution >= 0.6 is 0 Å². The number of aromatic nitrogens is 4. The van der Waals surface area contributed by atoms with Gasteiger partial charge in [0.2, 0.25) is 5.91 Å². The van der Waals surface area contributed by atoms with E-state index in [2.05, 4.69) is 37.3 Å². The van der Waals surface area contributed by atoms with Gasteiger partial charge in [-0.3, -0.25) is 9.89 Å². The molecule has 0 radical (unpaired) electrons. The fourth-order valence-electron chi connectivity index (χ4n) is 3.21. The first-order valence-electron chi connectivity index (χ1n) is 8.90. The van der Waals surface area contributed by atoms with Crippen molar-refractivity contribution in [2.24, 2.45) is 5.92 Å². The van der Waals surface area contributed by atoms with Gasteiger partial charge in [0.15, 0.2) is 0 Å². The summed E-state index contributed by atoms with van der Waals surface area (Å²) in [5, 5.41) is 10.00. The van der Waals surface area contributed by atoms with Crippen LogP contribution in [0, 0.1) is 19.8 Å². The number of H-pyrrole nitrogens is 1. The Morgan fingerprint density at radius 3 is 2.76 bits per heavy atom. The van der Waals surface area contributed by atoms with E-state index in [0.717, 1.165) is 41.8 Å². The molecule has 1 fully saturated rings. The van der Waals surface area contributed by atoms with E-state index < -0.39 is 0 Å². The van der Waals surface area contributed by atoms with Gasteiger partial charge in [0.05, 0.1) is 5.69 Å². The van der Waals surface area contributed by atoms with Crippen LogP contribution in [0.25, 0.3) is 0 Å². The van der Waals surface area contributed by atoms with E-state index in [4.69, 9.17) is 0 Å². The van der Waals surface area contributed by atoms with E-state index in [-0.39, 0.29) is 5.91 Å². The van der Waals surface area contributed by atoms with Crippen LogP contribution in [0.2, 0.25) is 0 Å². The number of nitrogens with one attached hydrogen (secondary N) is 2. The van der Waals surface area contributed by atoms with Crippen LogP contribution in [0.1, 0.15) is 43.1 Å². The Morgan fingerprint density at radius 2 is 2.08 bits per heavy atom. The number of amides is 1. The highest BCUT2D eigenvalue weighted by Crippen LogP contribution is 2.22. The molecule has 2 N–H and O–H groups in total. The van der Waals surface area contributed by atoms with Gasteiger partial charge in [-0.1, -0.05) is 6.92 Å². The van der Waals surface area contributed by atoms with Gasteiger partial charge in [0, 0.05) is 31.3 Å². The second kappa shape index (κ2) is 7.63. The smallest absolute Gasteiger partial charge is 0.225 e. The topological polar surface area (TPSA) is 86.8 Å². The molecule has 1 aliphatic rings. The number of rotatable bonds is 5. The molecule has 1 saturated heterocycles. The summed E-state index contributed by atoms with van der Waals surface area (Å²) < 4.78 is 0. The van der Waals surface area contributed by atoms with Gasteiger partial charge in [0.1, 0.15) is 18.0 Å². The highest BCUT2D eigenvalue weighted by atomic mass is 16.1. The highest BCUT2D eigenvalue weighted by molar-refractivity contribution is 5.90. The number of carbonyl (C=O) groups excluding carboxylic acids is 1. The van der Waals surface area contributed by atoms with Gasteiger partial charge < -0.3 is 10.2 Å². The van der Waals surface area contributed by atoms with E-state index in [1.54, 1.807) is 0 Å². The van der Waals surface area contributed by atoms with Crippen molar-refractivity contribution < 1.29 is 4.79 Å². The normalized spacial score (nSPS) is 15.4. The fraction of sp³-hybridized carbons (Fsp3) is 0.556. The molecule has 2 aromatic heterocycles. The van der Waals surface area contributed by atoms with E-state index in [1.165, 1.54) is 19.2 Å². The molecule has 0 atom stereocenters. The Hall–Kier alpha value is -2.44. The Bertz CT molecular complexity index is 713. The predicted octanol–water partition coefficient (Wildman–Crippen LogP) is 2.62.